The van der Waals surface area contributed by atoms with E-state index in [2.05, 4.69) is 4.74 Å². The van der Waals surface area contributed by atoms with Crippen molar-refractivity contribution in [3.63, 3.8) is 0 Å². The fourth-order valence-corrected chi connectivity index (χ4v) is 2.69. The maximum absolute atomic E-state index is 12.5. The van der Waals surface area contributed by atoms with Crippen molar-refractivity contribution >= 4 is 23.5 Å². The van der Waals surface area contributed by atoms with E-state index in [-0.39, 0.29) is 11.8 Å². The highest BCUT2D eigenvalue weighted by atomic mass is 16.6. The van der Waals surface area contributed by atoms with E-state index in [9.17, 15) is 14.4 Å². The Morgan fingerprint density at radius 2 is 1.56 bits per heavy atom. The first kappa shape index (κ1) is 16.7. The van der Waals surface area contributed by atoms with Gasteiger partial charge in [-0.2, -0.15) is 0 Å². The van der Waals surface area contributed by atoms with Crippen LogP contribution in [0.1, 0.15) is 34.1 Å². The lowest BCUT2D eigenvalue weighted by Gasteiger charge is -2.17. The molecule has 6 nitrogen and oxygen atoms in total. The second-order valence-corrected chi connectivity index (χ2v) is 5.52. The average molecular weight is 339 g/mol. The van der Waals surface area contributed by atoms with Crippen molar-refractivity contribution in [3.8, 4) is 5.75 Å². The summed E-state index contributed by atoms with van der Waals surface area (Å²) in [6, 6.07) is 13.2. The number of ether oxygens (including phenoxy) is 2. The lowest BCUT2D eigenvalue weighted by molar-refractivity contribution is -0.148. The number of benzene rings is 2. The number of carbonyl (C=O) groups excluding carboxylic acids is 3. The van der Waals surface area contributed by atoms with Crippen LogP contribution in [0.25, 0.3) is 0 Å². The van der Waals surface area contributed by atoms with Crippen molar-refractivity contribution in [1.29, 1.82) is 0 Å². The van der Waals surface area contributed by atoms with E-state index >= 15 is 0 Å². The second kappa shape index (κ2) is 6.76. The van der Waals surface area contributed by atoms with Crippen LogP contribution in [0.4, 0.5) is 5.69 Å². The number of imide groups is 1. The molecule has 25 heavy (non-hydrogen) atoms. The minimum Gasteiger partial charge on any atom is -0.479 e. The van der Waals surface area contributed by atoms with Gasteiger partial charge in [0, 0.05) is 0 Å². The Hall–Kier alpha value is -3.15. The summed E-state index contributed by atoms with van der Waals surface area (Å²) in [6.07, 6.45) is -0.234. The molecule has 1 atom stereocenters. The SMILES string of the molecule is CCC(Oc1ccc(N2C(=O)c3ccccc3C2=O)cc1)C(=O)OC. The van der Waals surface area contributed by atoms with Gasteiger partial charge in [0.2, 0.25) is 0 Å². The molecule has 2 aromatic carbocycles. The minimum absolute atomic E-state index is 0.352. The lowest BCUT2D eigenvalue weighted by Crippen LogP contribution is -2.29. The molecular weight excluding hydrogens is 322 g/mol. The van der Waals surface area contributed by atoms with Crippen LogP contribution in [0.2, 0.25) is 0 Å². The Balaban J connectivity index is 1.81. The molecule has 2 amide bonds. The molecule has 0 saturated carbocycles. The lowest BCUT2D eigenvalue weighted by atomic mass is 10.1. The molecule has 3 rings (SSSR count). The maximum atomic E-state index is 12.5. The molecule has 1 heterocycles. The normalized spacial score (nSPS) is 14.2. The van der Waals surface area contributed by atoms with E-state index in [0.29, 0.717) is 29.0 Å². The highest BCUT2D eigenvalue weighted by molar-refractivity contribution is 6.34. The second-order valence-electron chi connectivity index (χ2n) is 5.52. The Morgan fingerprint density at radius 3 is 2.04 bits per heavy atom. The molecule has 1 aliphatic rings. The van der Waals surface area contributed by atoms with Gasteiger partial charge in [-0.25, -0.2) is 9.69 Å². The van der Waals surface area contributed by atoms with Gasteiger partial charge in [0.15, 0.2) is 6.10 Å². The number of hydrogen-bond donors (Lipinski definition) is 0. The number of nitrogens with zero attached hydrogens (tertiary/aromatic N) is 1. The minimum atomic E-state index is -0.699. The molecular formula is C19H17NO5. The first-order chi connectivity index (χ1) is 12.1. The predicted molar refractivity (Wildman–Crippen MR) is 90.7 cm³/mol. The van der Waals surface area contributed by atoms with E-state index < -0.39 is 12.1 Å². The fraction of sp³-hybridized carbons (Fsp3) is 0.211. The van der Waals surface area contributed by atoms with Gasteiger partial charge in [-0.1, -0.05) is 19.1 Å². The number of hydrogen-bond acceptors (Lipinski definition) is 5. The molecule has 0 N–H and O–H groups in total. The molecule has 1 aliphatic heterocycles. The summed E-state index contributed by atoms with van der Waals surface area (Å²) in [7, 11) is 1.31. The monoisotopic (exact) mass is 339 g/mol. The molecule has 128 valence electrons. The topological polar surface area (TPSA) is 72.9 Å². The summed E-state index contributed by atoms with van der Waals surface area (Å²) in [5, 5.41) is 0. The highest BCUT2D eigenvalue weighted by Gasteiger charge is 2.36. The van der Waals surface area contributed by atoms with Gasteiger partial charge in [-0.05, 0) is 42.8 Å². The van der Waals surface area contributed by atoms with Crippen LogP contribution in [-0.4, -0.2) is 31.0 Å². The van der Waals surface area contributed by atoms with Crippen molar-refractivity contribution in [1.82, 2.24) is 0 Å². The molecule has 0 aliphatic carbocycles. The summed E-state index contributed by atoms with van der Waals surface area (Å²) >= 11 is 0. The standard InChI is InChI=1S/C19H17NO5/c1-3-16(19(23)24-2)25-13-10-8-12(9-11-13)20-17(21)14-6-4-5-7-15(14)18(20)22/h4-11,16H,3H2,1-2H3. The molecule has 1 unspecified atom stereocenters. The first-order valence-electron chi connectivity index (χ1n) is 7.89. The zero-order valence-corrected chi connectivity index (χ0v) is 13.9. The number of methoxy groups -OCH3 is 1. The van der Waals surface area contributed by atoms with Crippen LogP contribution in [0, 0.1) is 0 Å². The van der Waals surface area contributed by atoms with E-state index in [1.54, 1.807) is 48.5 Å². The molecule has 6 heteroatoms. The van der Waals surface area contributed by atoms with Crippen LogP contribution in [-0.2, 0) is 9.53 Å². The quantitative estimate of drug-likeness (QED) is 0.619. The Morgan fingerprint density at radius 1 is 1.00 bits per heavy atom. The van der Waals surface area contributed by atoms with Crippen LogP contribution < -0.4 is 9.64 Å². The Kier molecular flexibility index (Phi) is 4.52. The van der Waals surface area contributed by atoms with E-state index in [1.165, 1.54) is 7.11 Å². The van der Waals surface area contributed by atoms with Gasteiger partial charge >= 0.3 is 5.97 Å². The molecule has 0 saturated heterocycles. The van der Waals surface area contributed by atoms with Crippen molar-refractivity contribution in [3.05, 3.63) is 59.7 Å². The van der Waals surface area contributed by atoms with Crippen LogP contribution >= 0.6 is 0 Å². The van der Waals surface area contributed by atoms with Gasteiger partial charge in [-0.3, -0.25) is 9.59 Å². The Bertz CT molecular complexity index is 793. The molecule has 2 aromatic rings. The average Bonchev–Trinajstić information content (AvgIpc) is 2.91. The first-order valence-corrected chi connectivity index (χ1v) is 7.89. The fourth-order valence-electron chi connectivity index (χ4n) is 2.69. The van der Waals surface area contributed by atoms with Crippen molar-refractivity contribution in [2.24, 2.45) is 0 Å². The van der Waals surface area contributed by atoms with Gasteiger partial charge in [-0.15, -0.1) is 0 Å². The molecule has 0 spiro atoms. The third kappa shape index (κ3) is 2.98. The van der Waals surface area contributed by atoms with Crippen molar-refractivity contribution in [2.45, 2.75) is 19.4 Å². The predicted octanol–water partition coefficient (Wildman–Crippen LogP) is 2.82. The van der Waals surface area contributed by atoms with Gasteiger partial charge in [0.05, 0.1) is 23.9 Å². The molecule has 0 aromatic heterocycles. The molecule has 0 fully saturated rings. The smallest absolute Gasteiger partial charge is 0.347 e. The van der Waals surface area contributed by atoms with Crippen LogP contribution in [0.15, 0.2) is 48.5 Å². The number of anilines is 1. The number of esters is 1. The van der Waals surface area contributed by atoms with Gasteiger partial charge in [0.1, 0.15) is 5.75 Å². The van der Waals surface area contributed by atoms with Crippen LogP contribution in [0.3, 0.4) is 0 Å². The molecule has 0 radical (unpaired) electrons. The number of fused-ring (bicyclic) bond motifs is 1. The summed E-state index contributed by atoms with van der Waals surface area (Å²) in [5.74, 6) is -0.699. The third-order valence-corrected chi connectivity index (χ3v) is 4.00. The summed E-state index contributed by atoms with van der Waals surface area (Å²) < 4.78 is 10.3. The zero-order valence-electron chi connectivity index (χ0n) is 13.9. The summed E-state index contributed by atoms with van der Waals surface area (Å²) in [6.45, 7) is 1.81. The largest absolute Gasteiger partial charge is 0.479 e. The van der Waals surface area contributed by atoms with E-state index in [4.69, 9.17) is 4.74 Å². The van der Waals surface area contributed by atoms with Crippen LogP contribution in [0.5, 0.6) is 5.75 Å². The summed E-state index contributed by atoms with van der Waals surface area (Å²) in [4.78, 5) is 37.6. The summed E-state index contributed by atoms with van der Waals surface area (Å²) in [5.41, 5.74) is 1.23. The third-order valence-electron chi connectivity index (χ3n) is 4.00. The van der Waals surface area contributed by atoms with Crippen molar-refractivity contribution in [2.75, 3.05) is 12.0 Å². The molecule has 0 bridgehead atoms. The Labute approximate surface area is 145 Å². The number of rotatable bonds is 5. The number of carbonyl (C=O) groups is 3. The zero-order chi connectivity index (χ0) is 18.0. The number of amides is 2. The maximum Gasteiger partial charge on any atom is 0.347 e. The van der Waals surface area contributed by atoms with Crippen molar-refractivity contribution < 1.29 is 23.9 Å². The van der Waals surface area contributed by atoms with Gasteiger partial charge in [0.25, 0.3) is 11.8 Å². The van der Waals surface area contributed by atoms with E-state index in [1.807, 2.05) is 6.92 Å². The van der Waals surface area contributed by atoms with E-state index in [0.717, 1.165) is 4.90 Å². The van der Waals surface area contributed by atoms with Gasteiger partial charge < -0.3 is 9.47 Å². The highest BCUT2D eigenvalue weighted by Crippen LogP contribution is 2.29.